The molecule has 186 valence electrons. The summed E-state index contributed by atoms with van der Waals surface area (Å²) in [5.74, 6) is 1.16. The lowest BCUT2D eigenvalue weighted by atomic mass is 10.1. The van der Waals surface area contributed by atoms with Gasteiger partial charge in [0, 0.05) is 27.9 Å². The fraction of sp³-hybridized carbons (Fsp3) is 0.0741. The van der Waals surface area contributed by atoms with E-state index in [9.17, 15) is 4.79 Å². The maximum Gasteiger partial charge on any atom is 0.293 e. The van der Waals surface area contributed by atoms with Gasteiger partial charge in [0.05, 0.1) is 12.1 Å². The Balaban J connectivity index is 1.30. The van der Waals surface area contributed by atoms with E-state index in [1.54, 1.807) is 43.5 Å². The number of hydrogen-bond acceptors (Lipinski definition) is 6. The Kier molecular flexibility index (Phi) is 6.88. The van der Waals surface area contributed by atoms with E-state index >= 15 is 0 Å². The molecule has 2 aromatic heterocycles. The summed E-state index contributed by atoms with van der Waals surface area (Å²) < 4.78 is 16.9. The lowest BCUT2D eigenvalue weighted by Gasteiger charge is -2.12. The number of halogens is 2. The third-order valence-corrected chi connectivity index (χ3v) is 6.33. The van der Waals surface area contributed by atoms with E-state index in [0.29, 0.717) is 49.8 Å². The van der Waals surface area contributed by atoms with Crippen LogP contribution in [0, 0.1) is 6.92 Å². The molecule has 37 heavy (non-hydrogen) atoms. The minimum absolute atomic E-state index is 0.0811. The number of nitrogens with one attached hydrogen (secondary N) is 2. The molecule has 0 bridgehead atoms. The number of carbonyl (C=O) groups excluding carboxylic acids is 1. The monoisotopic (exact) mass is 551 g/mol. The second-order valence-electron chi connectivity index (χ2n) is 8.08. The van der Waals surface area contributed by atoms with Crippen LogP contribution < -0.4 is 15.4 Å². The minimum atomic E-state index is -0.504. The molecule has 3 aromatic carbocycles. The van der Waals surface area contributed by atoms with Gasteiger partial charge in [-0.15, -0.1) is 0 Å². The molecule has 0 saturated carbocycles. The van der Waals surface area contributed by atoms with Gasteiger partial charge in [0.15, 0.2) is 16.5 Å². The fourth-order valence-electron chi connectivity index (χ4n) is 3.66. The maximum absolute atomic E-state index is 12.7. The molecule has 0 fully saturated rings. The molecule has 5 aromatic rings. The van der Waals surface area contributed by atoms with Gasteiger partial charge in [-0.2, -0.15) is 0 Å². The van der Waals surface area contributed by atoms with Gasteiger partial charge in [0.1, 0.15) is 17.0 Å². The Morgan fingerprint density at radius 3 is 2.62 bits per heavy atom. The van der Waals surface area contributed by atoms with E-state index in [4.69, 9.17) is 49.0 Å². The van der Waals surface area contributed by atoms with E-state index in [1.165, 1.54) is 0 Å². The van der Waals surface area contributed by atoms with Crippen LogP contribution in [0.2, 0.25) is 10.0 Å². The molecule has 2 heterocycles. The molecule has 0 aliphatic carbocycles. The summed E-state index contributed by atoms with van der Waals surface area (Å²) >= 11 is 17.6. The van der Waals surface area contributed by atoms with Crippen LogP contribution in [0.4, 0.5) is 5.69 Å². The average molecular weight is 552 g/mol. The molecular weight excluding hydrogens is 533 g/mol. The van der Waals surface area contributed by atoms with Gasteiger partial charge >= 0.3 is 0 Å². The smallest absolute Gasteiger partial charge is 0.293 e. The number of benzene rings is 3. The summed E-state index contributed by atoms with van der Waals surface area (Å²) in [5.41, 5.74) is 4.30. The maximum atomic E-state index is 12.7. The Labute approximate surface area is 227 Å². The summed E-state index contributed by atoms with van der Waals surface area (Å²) in [6.07, 6.45) is 0. The molecule has 0 spiro atoms. The number of aromatic nitrogens is 1. The third-order valence-electron chi connectivity index (χ3n) is 5.58. The van der Waals surface area contributed by atoms with Crippen molar-refractivity contribution in [2.45, 2.75) is 6.92 Å². The number of fused-ring (bicyclic) bond motifs is 1. The van der Waals surface area contributed by atoms with Gasteiger partial charge in [-0.1, -0.05) is 29.3 Å². The topological polar surface area (TPSA) is 89.5 Å². The molecule has 0 radical (unpaired) electrons. The van der Waals surface area contributed by atoms with Crippen LogP contribution in [0.25, 0.3) is 33.9 Å². The highest BCUT2D eigenvalue weighted by Gasteiger charge is 2.17. The summed E-state index contributed by atoms with van der Waals surface area (Å²) in [4.78, 5) is 17.3. The fourth-order valence-corrected chi connectivity index (χ4v) is 4.36. The van der Waals surface area contributed by atoms with Crippen LogP contribution in [-0.4, -0.2) is 23.1 Å². The number of furan rings is 1. The lowest BCUT2D eigenvalue weighted by molar-refractivity contribution is 0.0951. The molecule has 0 aliphatic heterocycles. The van der Waals surface area contributed by atoms with Gasteiger partial charge in [-0.05, 0) is 79.3 Å². The normalized spacial score (nSPS) is 10.9. The highest BCUT2D eigenvalue weighted by Crippen LogP contribution is 2.32. The zero-order chi connectivity index (χ0) is 26.1. The van der Waals surface area contributed by atoms with Crippen molar-refractivity contribution in [2.75, 3.05) is 12.4 Å². The second kappa shape index (κ2) is 10.3. The first-order valence-corrected chi connectivity index (χ1v) is 12.2. The second-order valence-corrected chi connectivity index (χ2v) is 9.33. The highest BCUT2D eigenvalue weighted by atomic mass is 35.5. The van der Waals surface area contributed by atoms with Gasteiger partial charge < -0.3 is 18.9 Å². The number of rotatable bonds is 5. The summed E-state index contributed by atoms with van der Waals surface area (Å²) in [6, 6.07) is 19.3. The first-order chi connectivity index (χ1) is 17.8. The molecule has 7 nitrogen and oxygen atoms in total. The van der Waals surface area contributed by atoms with Gasteiger partial charge in [0.25, 0.3) is 5.91 Å². The van der Waals surface area contributed by atoms with Crippen LogP contribution >= 0.6 is 35.4 Å². The molecule has 0 atom stereocenters. The Morgan fingerprint density at radius 2 is 1.84 bits per heavy atom. The van der Waals surface area contributed by atoms with Crippen molar-refractivity contribution < 1.29 is 18.4 Å². The number of thiocarbonyl (C=S) groups is 1. The van der Waals surface area contributed by atoms with Gasteiger partial charge in [-0.25, -0.2) is 4.98 Å². The third kappa shape index (κ3) is 5.32. The molecule has 10 heteroatoms. The summed E-state index contributed by atoms with van der Waals surface area (Å²) in [7, 11) is 1.60. The number of aryl methyl sites for hydroxylation is 1. The first-order valence-electron chi connectivity index (χ1n) is 11.0. The van der Waals surface area contributed by atoms with E-state index < -0.39 is 5.91 Å². The Hall–Kier alpha value is -3.85. The lowest BCUT2D eigenvalue weighted by Crippen LogP contribution is -2.34. The largest absolute Gasteiger partial charge is 0.497 e. The average Bonchev–Trinajstić information content (AvgIpc) is 3.52. The minimum Gasteiger partial charge on any atom is -0.497 e. The van der Waals surface area contributed by atoms with Gasteiger partial charge in [-0.3, -0.25) is 10.1 Å². The molecule has 0 unspecified atom stereocenters. The summed E-state index contributed by atoms with van der Waals surface area (Å²) in [6.45, 7) is 1.92. The van der Waals surface area contributed by atoms with Crippen molar-refractivity contribution >= 4 is 63.2 Å². The number of carbonyl (C=O) groups is 1. The van der Waals surface area contributed by atoms with Crippen LogP contribution in [0.3, 0.4) is 0 Å². The quantitative estimate of drug-likeness (QED) is 0.218. The van der Waals surface area contributed by atoms with Crippen LogP contribution in [0.1, 0.15) is 16.1 Å². The van der Waals surface area contributed by atoms with Crippen molar-refractivity contribution in [2.24, 2.45) is 0 Å². The predicted molar refractivity (Wildman–Crippen MR) is 149 cm³/mol. The molecular formula is C27H19Cl2N3O4S. The van der Waals surface area contributed by atoms with Crippen LogP contribution in [0.15, 0.2) is 75.6 Å². The molecule has 0 saturated heterocycles. The van der Waals surface area contributed by atoms with Crippen molar-refractivity contribution in [1.29, 1.82) is 0 Å². The Bertz CT molecular complexity index is 1660. The first kappa shape index (κ1) is 24.8. The van der Waals surface area contributed by atoms with Crippen LogP contribution in [0.5, 0.6) is 5.75 Å². The summed E-state index contributed by atoms with van der Waals surface area (Å²) in [5, 5.41) is 6.72. The van der Waals surface area contributed by atoms with E-state index in [2.05, 4.69) is 15.6 Å². The van der Waals surface area contributed by atoms with Crippen molar-refractivity contribution in [3.05, 3.63) is 88.1 Å². The van der Waals surface area contributed by atoms with E-state index in [1.807, 2.05) is 37.3 Å². The molecule has 5 rings (SSSR count). The zero-order valence-electron chi connectivity index (χ0n) is 19.6. The van der Waals surface area contributed by atoms with Crippen molar-refractivity contribution in [1.82, 2.24) is 10.3 Å². The number of hydrogen-bond donors (Lipinski definition) is 2. The number of oxazole rings is 1. The number of amides is 1. The zero-order valence-corrected chi connectivity index (χ0v) is 21.9. The number of anilines is 1. The van der Waals surface area contributed by atoms with Gasteiger partial charge in [0.2, 0.25) is 5.89 Å². The number of ether oxygens (including phenoxy) is 1. The number of nitrogens with zero attached hydrogens (tertiary/aromatic N) is 1. The predicted octanol–water partition coefficient (Wildman–Crippen LogP) is 7.51. The SMILES string of the molecule is COc1ccc2oc(-c3ccc(C)c(NC(=S)NC(=O)c4ccc(-c5ccc(Cl)cc5Cl)o4)c3)nc2c1. The standard InChI is InChI=1S/C27H19Cl2N3O4S/c1-14-3-4-15(26-30-21-13-17(34-2)6-8-23(21)36-26)11-20(14)31-27(37)32-25(33)24-10-9-22(35-24)18-7-5-16(28)12-19(18)29/h3-13H,1-2H3,(H2,31,32,33,37). The highest BCUT2D eigenvalue weighted by molar-refractivity contribution is 7.80. The Morgan fingerprint density at radius 1 is 1.00 bits per heavy atom. The van der Waals surface area contributed by atoms with Crippen molar-refractivity contribution in [3.63, 3.8) is 0 Å². The molecule has 2 N–H and O–H groups in total. The van der Waals surface area contributed by atoms with E-state index in [0.717, 1.165) is 11.1 Å². The molecule has 1 amide bonds. The van der Waals surface area contributed by atoms with E-state index in [-0.39, 0.29) is 10.9 Å². The molecule has 0 aliphatic rings. The van der Waals surface area contributed by atoms with Crippen LogP contribution in [-0.2, 0) is 0 Å². The van der Waals surface area contributed by atoms with Crippen molar-refractivity contribution in [3.8, 4) is 28.5 Å². The number of methoxy groups -OCH3 is 1.